The Balaban J connectivity index is 2.81. The lowest BCUT2D eigenvalue weighted by Crippen LogP contribution is -2.00. The van der Waals surface area contributed by atoms with Gasteiger partial charge in [-0.1, -0.05) is 30.6 Å². The van der Waals surface area contributed by atoms with E-state index in [9.17, 15) is 4.79 Å². The van der Waals surface area contributed by atoms with E-state index in [-0.39, 0.29) is 5.78 Å². The Labute approximate surface area is 74.0 Å². The Morgan fingerprint density at radius 2 is 2.25 bits per heavy atom. The van der Waals surface area contributed by atoms with Gasteiger partial charge in [0.2, 0.25) is 0 Å². The second kappa shape index (κ2) is 4.10. The van der Waals surface area contributed by atoms with E-state index < -0.39 is 0 Å². The topological polar surface area (TPSA) is 17.1 Å². The van der Waals surface area contributed by atoms with E-state index in [0.717, 1.165) is 11.1 Å². The first-order valence-electron chi connectivity index (χ1n) is 4.11. The van der Waals surface area contributed by atoms with E-state index in [4.69, 9.17) is 0 Å². The zero-order chi connectivity index (χ0) is 8.97. The molecule has 0 bridgehead atoms. The van der Waals surface area contributed by atoms with E-state index in [2.05, 4.69) is 0 Å². The van der Waals surface area contributed by atoms with Crippen LogP contribution in [0.5, 0.6) is 0 Å². The first-order valence-corrected chi connectivity index (χ1v) is 4.11. The number of hydrogen-bond acceptors (Lipinski definition) is 1. The molecule has 1 aromatic carbocycles. The number of hydrogen-bond donors (Lipinski definition) is 0. The van der Waals surface area contributed by atoms with Gasteiger partial charge >= 0.3 is 0 Å². The van der Waals surface area contributed by atoms with Crippen LogP contribution in [0.2, 0.25) is 13.1 Å². The van der Waals surface area contributed by atoms with Crippen LogP contribution in [-0.2, 0) is 0 Å². The summed E-state index contributed by atoms with van der Waals surface area (Å²) in [7, 11) is 1.88. The van der Waals surface area contributed by atoms with Crippen molar-refractivity contribution >= 4 is 13.1 Å². The molecule has 0 aliphatic carbocycles. The smallest absolute Gasteiger partial charge is 0.155 e. The van der Waals surface area contributed by atoms with Crippen molar-refractivity contribution in [3.63, 3.8) is 0 Å². The summed E-state index contributed by atoms with van der Waals surface area (Å²) in [6.07, 6.45) is 0.531. The van der Waals surface area contributed by atoms with Crippen LogP contribution < -0.4 is 0 Å². The van der Waals surface area contributed by atoms with Crippen LogP contribution >= 0.6 is 0 Å². The van der Waals surface area contributed by atoms with Crippen LogP contribution in [0.3, 0.4) is 0 Å². The van der Waals surface area contributed by atoms with Crippen molar-refractivity contribution in [3.05, 3.63) is 35.4 Å². The summed E-state index contributed by atoms with van der Waals surface area (Å²) in [5, 5.41) is 0. The molecule has 0 spiro atoms. The molecule has 0 unspecified atom stereocenters. The van der Waals surface area contributed by atoms with Crippen LogP contribution in [0.4, 0.5) is 0 Å². The molecule has 0 atom stereocenters. The van der Waals surface area contributed by atoms with Crippen LogP contribution in [0.15, 0.2) is 24.3 Å². The maximum absolute atomic E-state index is 11.4. The van der Waals surface area contributed by atoms with Gasteiger partial charge in [-0.3, -0.25) is 4.79 Å². The molecule has 1 radical (unpaired) electrons. The highest BCUT2D eigenvalue weighted by molar-refractivity contribution is 6.41. The van der Waals surface area contributed by atoms with E-state index in [0.29, 0.717) is 6.32 Å². The number of rotatable bonds is 3. The van der Waals surface area contributed by atoms with Crippen molar-refractivity contribution in [3.8, 4) is 0 Å². The molecule has 0 heterocycles. The summed E-state index contributed by atoms with van der Waals surface area (Å²) in [6.45, 7) is 3.89. The van der Waals surface area contributed by atoms with Crippen LogP contribution in [0.1, 0.15) is 15.9 Å². The van der Waals surface area contributed by atoms with Crippen LogP contribution in [0, 0.1) is 6.92 Å². The van der Waals surface area contributed by atoms with E-state index in [1.807, 2.05) is 45.3 Å². The van der Waals surface area contributed by atoms with Gasteiger partial charge in [0.25, 0.3) is 0 Å². The summed E-state index contributed by atoms with van der Waals surface area (Å²) in [5.74, 6) is 0.196. The normalized spacial score (nSPS) is 9.50. The Morgan fingerprint density at radius 1 is 1.50 bits per heavy atom. The largest absolute Gasteiger partial charge is 0.295 e. The van der Waals surface area contributed by atoms with Gasteiger partial charge in [-0.2, -0.15) is 0 Å². The number of Topliss-reactive ketones (excluding diaryl/α,β-unsaturated/α-hetero) is 1. The fourth-order valence-corrected chi connectivity index (χ4v) is 1.12. The third kappa shape index (κ3) is 2.23. The van der Waals surface area contributed by atoms with Gasteiger partial charge in [-0.05, 0) is 19.3 Å². The monoisotopic (exact) mass is 159 g/mol. The Bertz CT molecular complexity index is 281. The molecular weight excluding hydrogens is 147 g/mol. The third-order valence-electron chi connectivity index (χ3n) is 1.73. The van der Waals surface area contributed by atoms with Gasteiger partial charge < -0.3 is 0 Å². The van der Waals surface area contributed by atoms with Gasteiger partial charge in [0.1, 0.15) is 7.28 Å². The summed E-state index contributed by atoms with van der Waals surface area (Å²) < 4.78 is 0. The molecule has 0 aliphatic rings. The number of carbonyl (C=O) groups excluding carboxylic acids is 1. The molecule has 0 N–H and O–H groups in total. The quantitative estimate of drug-likeness (QED) is 0.488. The minimum absolute atomic E-state index is 0.196. The maximum Gasteiger partial charge on any atom is 0.155 e. The second-order valence-corrected chi connectivity index (χ2v) is 2.91. The summed E-state index contributed by atoms with van der Waals surface area (Å²) in [6, 6.07) is 7.69. The summed E-state index contributed by atoms with van der Waals surface area (Å²) >= 11 is 0. The lowest BCUT2D eigenvalue weighted by molar-refractivity contribution is 0.101. The van der Waals surface area contributed by atoms with Crippen LogP contribution in [-0.4, -0.2) is 13.1 Å². The molecule has 0 aromatic heterocycles. The first-order chi connectivity index (χ1) is 5.74. The average molecular weight is 159 g/mol. The number of ketones is 1. The summed E-state index contributed by atoms with van der Waals surface area (Å²) in [4.78, 5) is 11.4. The molecule has 0 saturated carbocycles. The van der Waals surface area contributed by atoms with Gasteiger partial charge in [-0.25, -0.2) is 0 Å². The lowest BCUT2D eigenvalue weighted by Gasteiger charge is -1.99. The van der Waals surface area contributed by atoms with Crippen molar-refractivity contribution in [1.82, 2.24) is 0 Å². The molecule has 0 saturated heterocycles. The molecule has 0 amide bonds. The Kier molecular flexibility index (Phi) is 3.09. The standard InChI is InChI=1S/C10H12BO/c1-8-4-3-5-9(6-8)10(12)7-11-2/h3-6H,7H2,1-2H3. The SMILES string of the molecule is C[B]CC(=O)c1cccc(C)c1. The molecule has 0 aliphatic heterocycles. The summed E-state index contributed by atoms with van der Waals surface area (Å²) in [5.41, 5.74) is 1.95. The van der Waals surface area contributed by atoms with Gasteiger partial charge in [0.15, 0.2) is 5.78 Å². The molecule has 61 valence electrons. The number of carbonyl (C=O) groups is 1. The fraction of sp³-hybridized carbons (Fsp3) is 0.300. The van der Waals surface area contributed by atoms with Crippen molar-refractivity contribution < 1.29 is 4.79 Å². The Morgan fingerprint density at radius 3 is 2.83 bits per heavy atom. The lowest BCUT2D eigenvalue weighted by atomic mass is 9.75. The molecule has 12 heavy (non-hydrogen) atoms. The first kappa shape index (κ1) is 9.05. The number of benzene rings is 1. The van der Waals surface area contributed by atoms with E-state index in [1.165, 1.54) is 0 Å². The molecule has 0 fully saturated rings. The second-order valence-electron chi connectivity index (χ2n) is 2.91. The minimum atomic E-state index is 0.196. The van der Waals surface area contributed by atoms with Crippen LogP contribution in [0.25, 0.3) is 0 Å². The van der Waals surface area contributed by atoms with Crippen molar-refractivity contribution in [2.45, 2.75) is 20.1 Å². The Hall–Kier alpha value is -1.05. The average Bonchev–Trinajstić information content (AvgIpc) is 2.05. The molecule has 1 aromatic rings. The van der Waals surface area contributed by atoms with Crippen molar-refractivity contribution in [2.75, 3.05) is 0 Å². The van der Waals surface area contributed by atoms with Gasteiger partial charge in [0, 0.05) is 5.56 Å². The molecule has 2 heteroatoms. The highest BCUT2D eigenvalue weighted by atomic mass is 16.1. The fourth-order valence-electron chi connectivity index (χ4n) is 1.12. The number of aryl methyl sites for hydroxylation is 1. The molecular formula is C10H12BO. The minimum Gasteiger partial charge on any atom is -0.295 e. The highest BCUT2D eigenvalue weighted by Gasteiger charge is 2.03. The zero-order valence-electron chi connectivity index (χ0n) is 7.50. The van der Waals surface area contributed by atoms with Gasteiger partial charge in [-0.15, -0.1) is 0 Å². The van der Waals surface area contributed by atoms with E-state index in [1.54, 1.807) is 0 Å². The zero-order valence-corrected chi connectivity index (χ0v) is 7.50. The van der Waals surface area contributed by atoms with Crippen molar-refractivity contribution in [2.24, 2.45) is 0 Å². The predicted octanol–water partition coefficient (Wildman–Crippen LogP) is 2.35. The third-order valence-corrected chi connectivity index (χ3v) is 1.73. The van der Waals surface area contributed by atoms with Crippen molar-refractivity contribution in [1.29, 1.82) is 0 Å². The van der Waals surface area contributed by atoms with Gasteiger partial charge in [0.05, 0.1) is 0 Å². The predicted molar refractivity (Wildman–Crippen MR) is 51.9 cm³/mol. The molecule has 1 rings (SSSR count). The highest BCUT2D eigenvalue weighted by Crippen LogP contribution is 2.06. The molecule has 1 nitrogen and oxygen atoms in total. The maximum atomic E-state index is 11.4. The van der Waals surface area contributed by atoms with E-state index >= 15 is 0 Å².